The number of nitrogens with one attached hydrogen (secondary N) is 2. The third kappa shape index (κ3) is 2.74. The summed E-state index contributed by atoms with van der Waals surface area (Å²) in [5.41, 5.74) is 1.19. The van der Waals surface area contributed by atoms with Crippen LogP contribution < -0.4 is 5.32 Å². The van der Waals surface area contributed by atoms with Gasteiger partial charge in [-0.05, 0) is 18.2 Å². The Bertz CT molecular complexity index is 514. The zero-order chi connectivity index (χ0) is 12.5. The highest BCUT2D eigenvalue weighted by molar-refractivity contribution is 5.97. The molecule has 0 aromatic carbocycles. The Morgan fingerprint density at radius 3 is 2.88 bits per heavy atom. The SMILES string of the molecule is O=C(NCC(F)(F)F)c1cc2ncccc2[nH]1. The number of carbonyl (C=O) groups is 1. The third-order valence-corrected chi connectivity index (χ3v) is 2.08. The van der Waals surface area contributed by atoms with Crippen LogP contribution in [0.2, 0.25) is 0 Å². The first-order valence-electron chi connectivity index (χ1n) is 4.74. The summed E-state index contributed by atoms with van der Waals surface area (Å²) in [5, 5.41) is 1.78. The summed E-state index contributed by atoms with van der Waals surface area (Å²) in [7, 11) is 0. The van der Waals surface area contributed by atoms with Crippen molar-refractivity contribution in [3.63, 3.8) is 0 Å². The maximum atomic E-state index is 11.9. The number of aromatic amines is 1. The number of alkyl halides is 3. The van der Waals surface area contributed by atoms with Gasteiger partial charge in [-0.15, -0.1) is 0 Å². The molecule has 4 nitrogen and oxygen atoms in total. The molecule has 0 fully saturated rings. The maximum Gasteiger partial charge on any atom is 0.405 e. The van der Waals surface area contributed by atoms with Crippen LogP contribution in [0.15, 0.2) is 24.4 Å². The number of pyridine rings is 1. The molecule has 0 bridgehead atoms. The molecule has 0 saturated heterocycles. The van der Waals surface area contributed by atoms with E-state index in [1.165, 1.54) is 12.3 Å². The van der Waals surface area contributed by atoms with Gasteiger partial charge in [-0.25, -0.2) is 0 Å². The van der Waals surface area contributed by atoms with Crippen molar-refractivity contribution in [2.45, 2.75) is 6.18 Å². The average Bonchev–Trinajstić information content (AvgIpc) is 2.68. The highest BCUT2D eigenvalue weighted by atomic mass is 19.4. The summed E-state index contributed by atoms with van der Waals surface area (Å²) in [6.45, 7) is -1.35. The van der Waals surface area contributed by atoms with Crippen molar-refractivity contribution in [1.82, 2.24) is 15.3 Å². The molecule has 0 aliphatic rings. The summed E-state index contributed by atoms with van der Waals surface area (Å²) in [4.78, 5) is 18.0. The molecule has 90 valence electrons. The third-order valence-electron chi connectivity index (χ3n) is 2.08. The van der Waals surface area contributed by atoms with E-state index in [1.807, 2.05) is 0 Å². The first-order valence-corrected chi connectivity index (χ1v) is 4.74. The van der Waals surface area contributed by atoms with Crippen LogP contribution in [0.25, 0.3) is 11.0 Å². The fourth-order valence-electron chi connectivity index (χ4n) is 1.35. The van der Waals surface area contributed by atoms with Gasteiger partial charge in [0.15, 0.2) is 0 Å². The van der Waals surface area contributed by atoms with Gasteiger partial charge >= 0.3 is 6.18 Å². The molecule has 0 radical (unpaired) electrons. The van der Waals surface area contributed by atoms with Crippen LogP contribution in [0.1, 0.15) is 10.5 Å². The van der Waals surface area contributed by atoms with Crippen LogP contribution in [0.4, 0.5) is 13.2 Å². The predicted molar refractivity (Wildman–Crippen MR) is 54.5 cm³/mol. The van der Waals surface area contributed by atoms with E-state index in [4.69, 9.17) is 0 Å². The van der Waals surface area contributed by atoms with E-state index in [9.17, 15) is 18.0 Å². The number of carbonyl (C=O) groups excluding carboxylic acids is 1. The molecule has 0 atom stereocenters. The zero-order valence-corrected chi connectivity index (χ0v) is 8.51. The molecule has 0 unspecified atom stereocenters. The van der Waals surface area contributed by atoms with Crippen molar-refractivity contribution < 1.29 is 18.0 Å². The lowest BCUT2D eigenvalue weighted by molar-refractivity contribution is -0.123. The number of halogens is 3. The number of aromatic nitrogens is 2. The predicted octanol–water partition coefficient (Wildman–Crippen LogP) is 1.85. The van der Waals surface area contributed by atoms with E-state index in [0.29, 0.717) is 11.0 Å². The van der Waals surface area contributed by atoms with Gasteiger partial charge in [0.2, 0.25) is 0 Å². The van der Waals surface area contributed by atoms with E-state index < -0.39 is 18.6 Å². The molecule has 2 heterocycles. The topological polar surface area (TPSA) is 57.8 Å². The average molecular weight is 243 g/mol. The largest absolute Gasteiger partial charge is 0.405 e. The Morgan fingerprint density at radius 2 is 2.24 bits per heavy atom. The molecular formula is C10H8F3N3O. The van der Waals surface area contributed by atoms with Gasteiger partial charge in [0.05, 0.1) is 11.0 Å². The molecule has 0 saturated carbocycles. The standard InChI is InChI=1S/C10H8F3N3O/c11-10(12,13)5-15-9(17)8-4-7-6(16-8)2-1-3-14-7/h1-4,16H,5H2,(H,15,17). The summed E-state index contributed by atoms with van der Waals surface area (Å²) in [5.74, 6) is -0.805. The second-order valence-corrected chi connectivity index (χ2v) is 3.42. The monoisotopic (exact) mass is 243 g/mol. The lowest BCUT2D eigenvalue weighted by atomic mass is 10.3. The van der Waals surface area contributed by atoms with Gasteiger partial charge in [0, 0.05) is 6.20 Å². The van der Waals surface area contributed by atoms with Gasteiger partial charge < -0.3 is 10.3 Å². The van der Waals surface area contributed by atoms with Crippen LogP contribution in [0, 0.1) is 0 Å². The van der Waals surface area contributed by atoms with Crippen molar-refractivity contribution in [3.8, 4) is 0 Å². The van der Waals surface area contributed by atoms with Crippen molar-refractivity contribution >= 4 is 16.9 Å². The van der Waals surface area contributed by atoms with Crippen molar-refractivity contribution in [2.24, 2.45) is 0 Å². The van der Waals surface area contributed by atoms with Crippen LogP contribution in [0.3, 0.4) is 0 Å². The van der Waals surface area contributed by atoms with Crippen LogP contribution in [-0.4, -0.2) is 28.6 Å². The van der Waals surface area contributed by atoms with E-state index in [2.05, 4.69) is 9.97 Å². The molecule has 0 spiro atoms. The second kappa shape index (κ2) is 4.08. The quantitative estimate of drug-likeness (QED) is 0.845. The molecule has 0 aliphatic heterocycles. The van der Waals surface area contributed by atoms with Crippen molar-refractivity contribution in [3.05, 3.63) is 30.1 Å². The van der Waals surface area contributed by atoms with Crippen LogP contribution in [0.5, 0.6) is 0 Å². The normalized spacial score (nSPS) is 11.7. The lowest BCUT2D eigenvalue weighted by Crippen LogP contribution is -2.33. The molecule has 2 aromatic heterocycles. The molecule has 7 heteroatoms. The van der Waals surface area contributed by atoms with E-state index >= 15 is 0 Å². The summed E-state index contributed by atoms with van der Waals surface area (Å²) >= 11 is 0. The minimum atomic E-state index is -4.42. The fraction of sp³-hybridized carbons (Fsp3) is 0.200. The maximum absolute atomic E-state index is 11.9. The number of H-pyrrole nitrogens is 1. The fourth-order valence-corrected chi connectivity index (χ4v) is 1.35. The Hall–Kier alpha value is -2.05. The summed E-state index contributed by atoms with van der Waals surface area (Å²) in [6, 6.07) is 4.75. The van der Waals surface area contributed by atoms with E-state index in [-0.39, 0.29) is 5.69 Å². The Labute approximate surface area is 93.8 Å². The summed E-state index contributed by atoms with van der Waals surface area (Å²) < 4.78 is 35.7. The summed E-state index contributed by atoms with van der Waals surface area (Å²) in [6.07, 6.45) is -2.88. The van der Waals surface area contributed by atoms with Crippen molar-refractivity contribution in [2.75, 3.05) is 6.54 Å². The molecule has 2 aromatic rings. The number of amides is 1. The minimum Gasteiger partial charge on any atom is -0.349 e. The number of hydrogen-bond acceptors (Lipinski definition) is 2. The molecule has 2 rings (SSSR count). The molecular weight excluding hydrogens is 235 g/mol. The minimum absolute atomic E-state index is 0.0583. The first kappa shape index (κ1) is 11.4. The smallest absolute Gasteiger partial charge is 0.349 e. The van der Waals surface area contributed by atoms with Crippen LogP contribution in [-0.2, 0) is 0 Å². The van der Waals surface area contributed by atoms with E-state index in [1.54, 1.807) is 17.4 Å². The Balaban J connectivity index is 2.14. The highest BCUT2D eigenvalue weighted by Crippen LogP contribution is 2.14. The van der Waals surface area contributed by atoms with E-state index in [0.717, 1.165) is 0 Å². The van der Waals surface area contributed by atoms with Gasteiger partial charge in [-0.2, -0.15) is 13.2 Å². The molecule has 17 heavy (non-hydrogen) atoms. The number of hydrogen-bond donors (Lipinski definition) is 2. The molecule has 2 N–H and O–H groups in total. The van der Waals surface area contributed by atoms with Gasteiger partial charge in [-0.3, -0.25) is 9.78 Å². The Morgan fingerprint density at radius 1 is 1.47 bits per heavy atom. The Kier molecular flexibility index (Phi) is 2.74. The highest BCUT2D eigenvalue weighted by Gasteiger charge is 2.28. The second-order valence-electron chi connectivity index (χ2n) is 3.42. The molecule has 0 aliphatic carbocycles. The number of fused-ring (bicyclic) bond motifs is 1. The first-order chi connectivity index (χ1) is 7.96. The number of nitrogens with zero attached hydrogens (tertiary/aromatic N) is 1. The lowest BCUT2D eigenvalue weighted by Gasteiger charge is -2.06. The van der Waals surface area contributed by atoms with Crippen molar-refractivity contribution in [1.29, 1.82) is 0 Å². The van der Waals surface area contributed by atoms with Crippen LogP contribution >= 0.6 is 0 Å². The zero-order valence-electron chi connectivity index (χ0n) is 8.51. The van der Waals surface area contributed by atoms with Gasteiger partial charge in [-0.1, -0.05) is 0 Å². The van der Waals surface area contributed by atoms with Gasteiger partial charge in [0.25, 0.3) is 5.91 Å². The van der Waals surface area contributed by atoms with Gasteiger partial charge in [0.1, 0.15) is 12.2 Å². The number of rotatable bonds is 2. The molecule has 1 amide bonds.